The zero-order valence-corrected chi connectivity index (χ0v) is 22.6. The molecule has 0 amide bonds. The van der Waals surface area contributed by atoms with Crippen LogP contribution in [0.1, 0.15) is 31.9 Å². The molecular weight excluding hydrogens is 524 g/mol. The Morgan fingerprint density at radius 3 is 1.57 bits per heavy atom. The molecule has 0 saturated carbocycles. The third kappa shape index (κ3) is 7.14. The van der Waals surface area contributed by atoms with Crippen LogP contribution in [0.5, 0.6) is 0 Å². The largest absolute Gasteiger partial charge is 0.457 e. The molecule has 11 nitrogen and oxygen atoms in total. The first-order chi connectivity index (χ1) is 17.2. The topological polar surface area (TPSA) is 154 Å². The summed E-state index contributed by atoms with van der Waals surface area (Å²) in [5.74, 6) is -1.52. The Hall–Kier alpha value is -2.84. The van der Waals surface area contributed by atoms with E-state index in [4.69, 9.17) is 14.2 Å². The Morgan fingerprint density at radius 1 is 0.730 bits per heavy atom. The van der Waals surface area contributed by atoms with Crippen LogP contribution in [0.2, 0.25) is 0 Å². The Morgan fingerprint density at radius 2 is 1.14 bits per heavy atom. The van der Waals surface area contributed by atoms with E-state index in [1.54, 1.807) is 38.1 Å². The van der Waals surface area contributed by atoms with Crippen LogP contribution in [0.3, 0.4) is 0 Å². The van der Waals surface area contributed by atoms with Gasteiger partial charge >= 0.3 is 11.9 Å². The van der Waals surface area contributed by atoms with Crippen molar-refractivity contribution in [1.29, 1.82) is 0 Å². The van der Waals surface area contributed by atoms with Gasteiger partial charge in [-0.3, -0.25) is 9.59 Å². The standard InChI is InChI=1S/C24H30N2O9S2/c1-14-6-10-19(11-7-14)36(29,30)25-21-23(35-18(5)28)22(34-17(4)27)16(3)33-24(21)26-37(31,32)20-12-8-15(2)9-13-20/h6-13,16,21-26H,1-5H3/t16-,21-,22-,23-,24-/m1/s1. The second-order valence-corrected chi connectivity index (χ2v) is 12.2. The number of hydrogen-bond acceptors (Lipinski definition) is 9. The van der Waals surface area contributed by atoms with Crippen molar-refractivity contribution < 1.29 is 40.6 Å². The van der Waals surface area contributed by atoms with Crippen molar-refractivity contribution in [1.82, 2.24) is 9.44 Å². The summed E-state index contributed by atoms with van der Waals surface area (Å²) < 4.78 is 74.2. The zero-order chi connectivity index (χ0) is 27.5. The summed E-state index contributed by atoms with van der Waals surface area (Å²) in [6.45, 7) is 7.31. The molecule has 0 unspecified atom stereocenters. The van der Waals surface area contributed by atoms with Crippen LogP contribution in [0.15, 0.2) is 58.3 Å². The van der Waals surface area contributed by atoms with Crippen LogP contribution in [-0.4, -0.2) is 59.4 Å². The van der Waals surface area contributed by atoms with Crippen LogP contribution in [0.25, 0.3) is 0 Å². The summed E-state index contributed by atoms with van der Waals surface area (Å²) in [5.41, 5.74) is 1.66. The zero-order valence-electron chi connectivity index (χ0n) is 21.0. The van der Waals surface area contributed by atoms with Gasteiger partial charge in [0, 0.05) is 13.8 Å². The van der Waals surface area contributed by atoms with Gasteiger partial charge in [0.2, 0.25) is 20.0 Å². The van der Waals surface area contributed by atoms with E-state index >= 15 is 0 Å². The molecule has 13 heteroatoms. The average Bonchev–Trinajstić information content (AvgIpc) is 2.78. The monoisotopic (exact) mass is 554 g/mol. The van der Waals surface area contributed by atoms with Crippen molar-refractivity contribution in [2.45, 2.75) is 75.0 Å². The SMILES string of the molecule is CC(=O)O[C@@H]1[C@@H](NS(=O)(=O)c2ccc(C)cc2)[C@H](NS(=O)(=O)c2ccc(C)cc2)O[C@H](C)[C@H]1OC(C)=O. The molecule has 1 heterocycles. The highest BCUT2D eigenvalue weighted by molar-refractivity contribution is 7.90. The van der Waals surface area contributed by atoms with Crippen LogP contribution in [-0.2, 0) is 43.8 Å². The number of benzene rings is 2. The van der Waals surface area contributed by atoms with Gasteiger partial charge in [0.1, 0.15) is 12.3 Å². The van der Waals surface area contributed by atoms with Gasteiger partial charge in [0.25, 0.3) is 0 Å². The molecule has 5 atom stereocenters. The Bertz CT molecular complexity index is 1340. The lowest BCUT2D eigenvalue weighted by molar-refractivity contribution is -0.211. The maximum Gasteiger partial charge on any atom is 0.303 e. The van der Waals surface area contributed by atoms with Crippen molar-refractivity contribution >= 4 is 32.0 Å². The fraction of sp³-hybridized carbons (Fsp3) is 0.417. The second kappa shape index (κ2) is 11.3. The summed E-state index contributed by atoms with van der Waals surface area (Å²) in [7, 11) is -8.48. The number of carbonyl (C=O) groups excluding carboxylic acids is 2. The molecule has 0 spiro atoms. The molecule has 37 heavy (non-hydrogen) atoms. The van der Waals surface area contributed by atoms with E-state index in [0.717, 1.165) is 25.0 Å². The van der Waals surface area contributed by atoms with E-state index in [0.29, 0.717) is 0 Å². The summed E-state index contributed by atoms with van der Waals surface area (Å²) in [6, 6.07) is 10.4. The quantitative estimate of drug-likeness (QED) is 0.462. The minimum absolute atomic E-state index is 0.0827. The molecule has 0 aromatic heterocycles. The number of aryl methyl sites for hydroxylation is 2. The fourth-order valence-corrected chi connectivity index (χ4v) is 6.24. The second-order valence-electron chi connectivity index (χ2n) is 8.80. The predicted molar refractivity (Wildman–Crippen MR) is 132 cm³/mol. The predicted octanol–water partition coefficient (Wildman–Crippen LogP) is 1.54. The number of carbonyl (C=O) groups is 2. The van der Waals surface area contributed by atoms with Crippen molar-refractivity contribution in [3.05, 3.63) is 59.7 Å². The molecule has 1 fully saturated rings. The van der Waals surface area contributed by atoms with Crippen molar-refractivity contribution in [3.8, 4) is 0 Å². The third-order valence-electron chi connectivity index (χ3n) is 5.66. The molecule has 2 N–H and O–H groups in total. The molecular formula is C24H30N2O9S2. The maximum absolute atomic E-state index is 13.3. The van der Waals surface area contributed by atoms with Gasteiger partial charge in [-0.25, -0.2) is 21.6 Å². The van der Waals surface area contributed by atoms with Gasteiger partial charge in [-0.15, -0.1) is 0 Å². The van der Waals surface area contributed by atoms with E-state index in [1.165, 1.54) is 31.2 Å². The van der Waals surface area contributed by atoms with Crippen molar-refractivity contribution in [2.75, 3.05) is 0 Å². The summed E-state index contributed by atoms with van der Waals surface area (Å²) >= 11 is 0. The first-order valence-corrected chi connectivity index (χ1v) is 14.3. The Kier molecular flexibility index (Phi) is 8.75. The number of esters is 2. The molecule has 1 aliphatic heterocycles. The number of hydrogen-bond donors (Lipinski definition) is 2. The summed E-state index contributed by atoms with van der Waals surface area (Å²) in [5, 5.41) is 0. The van der Waals surface area contributed by atoms with Crippen molar-refractivity contribution in [2.24, 2.45) is 0 Å². The lowest BCUT2D eigenvalue weighted by atomic mass is 9.97. The van der Waals surface area contributed by atoms with Gasteiger partial charge in [-0.2, -0.15) is 4.72 Å². The first kappa shape index (κ1) is 28.7. The molecule has 3 rings (SSSR count). The van der Waals surface area contributed by atoms with Crippen LogP contribution >= 0.6 is 0 Å². The number of rotatable bonds is 8. The smallest absolute Gasteiger partial charge is 0.303 e. The van der Waals surface area contributed by atoms with Gasteiger partial charge in [0.05, 0.1) is 15.9 Å². The van der Waals surface area contributed by atoms with Crippen LogP contribution < -0.4 is 9.44 Å². The number of sulfonamides is 2. The minimum Gasteiger partial charge on any atom is -0.457 e. The van der Waals surface area contributed by atoms with E-state index in [9.17, 15) is 26.4 Å². The van der Waals surface area contributed by atoms with Gasteiger partial charge in [-0.1, -0.05) is 35.4 Å². The third-order valence-corrected chi connectivity index (χ3v) is 8.57. The molecule has 0 radical (unpaired) electrons. The molecule has 0 aliphatic carbocycles. The first-order valence-electron chi connectivity index (χ1n) is 11.4. The molecule has 2 aromatic carbocycles. The number of ether oxygens (including phenoxy) is 3. The highest BCUT2D eigenvalue weighted by Gasteiger charge is 2.51. The lowest BCUT2D eigenvalue weighted by Crippen LogP contribution is -2.68. The normalized spacial score (nSPS) is 24.3. The molecule has 0 bridgehead atoms. The fourth-order valence-electron chi connectivity index (χ4n) is 3.86. The molecule has 1 aliphatic rings. The Labute approximate surface area is 216 Å². The van der Waals surface area contributed by atoms with Gasteiger partial charge in [-0.05, 0) is 45.0 Å². The summed E-state index contributed by atoms with van der Waals surface area (Å²) in [6.07, 6.45) is -5.15. The average molecular weight is 555 g/mol. The molecule has 1 saturated heterocycles. The lowest BCUT2D eigenvalue weighted by Gasteiger charge is -2.44. The van der Waals surface area contributed by atoms with Crippen molar-refractivity contribution in [3.63, 3.8) is 0 Å². The van der Waals surface area contributed by atoms with E-state index in [2.05, 4.69) is 9.44 Å². The summed E-state index contributed by atoms with van der Waals surface area (Å²) in [4.78, 5) is 23.6. The van der Waals surface area contributed by atoms with Crippen LogP contribution in [0, 0.1) is 13.8 Å². The van der Waals surface area contributed by atoms with E-state index in [-0.39, 0.29) is 9.79 Å². The van der Waals surface area contributed by atoms with E-state index < -0.39 is 62.6 Å². The highest BCUT2D eigenvalue weighted by Crippen LogP contribution is 2.28. The maximum atomic E-state index is 13.3. The minimum atomic E-state index is -4.27. The van der Waals surface area contributed by atoms with Crippen LogP contribution in [0.4, 0.5) is 0 Å². The van der Waals surface area contributed by atoms with Gasteiger partial charge in [0.15, 0.2) is 12.2 Å². The Balaban J connectivity index is 2.06. The highest BCUT2D eigenvalue weighted by atomic mass is 32.2. The van der Waals surface area contributed by atoms with E-state index in [1.807, 2.05) is 0 Å². The number of nitrogens with one attached hydrogen (secondary N) is 2. The molecule has 202 valence electrons. The molecule has 2 aromatic rings. The van der Waals surface area contributed by atoms with Gasteiger partial charge < -0.3 is 14.2 Å².